The zero-order chi connectivity index (χ0) is 17.5. The van der Waals surface area contributed by atoms with Gasteiger partial charge in [-0.2, -0.15) is 5.10 Å². The molecule has 0 saturated heterocycles. The highest BCUT2D eigenvalue weighted by Crippen LogP contribution is 2.21. The summed E-state index contributed by atoms with van der Waals surface area (Å²) in [6, 6.07) is 24.4. The average Bonchev–Trinajstić information content (AvgIpc) is 2.63. The number of aryl methyl sites for hydroxylation is 1. The van der Waals surface area contributed by atoms with Crippen LogP contribution >= 0.6 is 0 Å². The van der Waals surface area contributed by atoms with Gasteiger partial charge in [-0.15, -0.1) is 0 Å². The molecule has 0 unspecified atom stereocenters. The van der Waals surface area contributed by atoms with E-state index in [9.17, 15) is 4.79 Å². The van der Waals surface area contributed by atoms with Crippen LogP contribution in [0.3, 0.4) is 0 Å². The Morgan fingerprint density at radius 1 is 0.920 bits per heavy atom. The van der Waals surface area contributed by atoms with E-state index in [0.29, 0.717) is 11.3 Å². The third-order valence-electron chi connectivity index (χ3n) is 3.53. The first-order valence-corrected chi connectivity index (χ1v) is 7.94. The van der Waals surface area contributed by atoms with Gasteiger partial charge in [-0.1, -0.05) is 48.0 Å². The number of hydrogen-bond acceptors (Lipinski definition) is 3. The molecule has 3 aromatic rings. The molecular weight excluding hydrogens is 312 g/mol. The van der Waals surface area contributed by atoms with Crippen LogP contribution in [0.1, 0.15) is 21.5 Å². The van der Waals surface area contributed by atoms with E-state index in [4.69, 9.17) is 4.74 Å². The Bertz CT molecular complexity index is 872. The third-order valence-corrected chi connectivity index (χ3v) is 3.53. The van der Waals surface area contributed by atoms with Crippen molar-refractivity contribution in [3.63, 3.8) is 0 Å². The minimum atomic E-state index is -0.243. The molecule has 25 heavy (non-hydrogen) atoms. The molecule has 0 spiro atoms. The lowest BCUT2D eigenvalue weighted by Crippen LogP contribution is -2.17. The fourth-order valence-corrected chi connectivity index (χ4v) is 2.22. The average molecular weight is 330 g/mol. The summed E-state index contributed by atoms with van der Waals surface area (Å²) in [5.41, 5.74) is 5.04. The van der Waals surface area contributed by atoms with Crippen molar-refractivity contribution < 1.29 is 9.53 Å². The number of carbonyl (C=O) groups is 1. The number of nitrogens with one attached hydrogen (secondary N) is 1. The molecule has 0 bridgehead atoms. The molecule has 4 nitrogen and oxygen atoms in total. The van der Waals surface area contributed by atoms with Crippen LogP contribution in [0.4, 0.5) is 0 Å². The molecule has 0 aliphatic heterocycles. The summed E-state index contributed by atoms with van der Waals surface area (Å²) in [7, 11) is 0. The summed E-state index contributed by atoms with van der Waals surface area (Å²) in [6.07, 6.45) is 1.59. The van der Waals surface area contributed by atoms with Gasteiger partial charge < -0.3 is 4.74 Å². The molecule has 1 N–H and O–H groups in total. The quantitative estimate of drug-likeness (QED) is 0.551. The number of benzene rings is 3. The number of para-hydroxylation sites is 1. The van der Waals surface area contributed by atoms with E-state index in [1.165, 1.54) is 0 Å². The van der Waals surface area contributed by atoms with E-state index < -0.39 is 0 Å². The number of carbonyl (C=O) groups excluding carboxylic acids is 1. The Morgan fingerprint density at radius 3 is 2.40 bits per heavy atom. The molecule has 0 fully saturated rings. The molecule has 0 aromatic heterocycles. The number of ether oxygens (including phenoxy) is 1. The zero-order valence-electron chi connectivity index (χ0n) is 13.8. The van der Waals surface area contributed by atoms with Crippen molar-refractivity contribution in [1.29, 1.82) is 0 Å². The Balaban J connectivity index is 1.62. The predicted octanol–water partition coefficient (Wildman–Crippen LogP) is 4.55. The van der Waals surface area contributed by atoms with Crippen molar-refractivity contribution in [2.45, 2.75) is 6.92 Å². The minimum absolute atomic E-state index is 0.243. The highest BCUT2D eigenvalue weighted by Gasteiger charge is 2.03. The lowest BCUT2D eigenvalue weighted by atomic mass is 10.1. The maximum Gasteiger partial charge on any atom is 0.271 e. The van der Waals surface area contributed by atoms with E-state index in [2.05, 4.69) is 10.5 Å². The normalized spacial score (nSPS) is 10.6. The molecule has 0 aliphatic rings. The Kier molecular flexibility index (Phi) is 5.22. The summed E-state index contributed by atoms with van der Waals surface area (Å²) in [6.45, 7) is 1.98. The summed E-state index contributed by atoms with van der Waals surface area (Å²) in [4.78, 5) is 12.0. The molecular formula is C21H18N2O2. The Morgan fingerprint density at radius 2 is 1.64 bits per heavy atom. The fourth-order valence-electron chi connectivity index (χ4n) is 2.22. The van der Waals surface area contributed by atoms with Crippen LogP contribution in [0.2, 0.25) is 0 Å². The van der Waals surface area contributed by atoms with Crippen LogP contribution in [0.25, 0.3) is 0 Å². The van der Waals surface area contributed by atoms with Crippen molar-refractivity contribution >= 4 is 12.1 Å². The van der Waals surface area contributed by atoms with Crippen LogP contribution in [0.15, 0.2) is 84.0 Å². The van der Waals surface area contributed by atoms with Gasteiger partial charge in [-0.05, 0) is 48.9 Å². The summed E-state index contributed by atoms with van der Waals surface area (Å²) < 4.78 is 5.78. The first-order chi connectivity index (χ1) is 12.2. The lowest BCUT2D eigenvalue weighted by Gasteiger charge is -2.05. The number of hydrogen-bond donors (Lipinski definition) is 1. The maximum atomic E-state index is 12.0. The maximum absolute atomic E-state index is 12.0. The third kappa shape index (κ3) is 4.78. The number of rotatable bonds is 5. The smallest absolute Gasteiger partial charge is 0.271 e. The predicted molar refractivity (Wildman–Crippen MR) is 99.2 cm³/mol. The molecule has 3 rings (SSSR count). The second-order valence-electron chi connectivity index (χ2n) is 5.55. The second-order valence-corrected chi connectivity index (χ2v) is 5.55. The highest BCUT2D eigenvalue weighted by atomic mass is 16.5. The topological polar surface area (TPSA) is 50.7 Å². The second kappa shape index (κ2) is 7.93. The van der Waals surface area contributed by atoms with Crippen molar-refractivity contribution in [2.24, 2.45) is 5.10 Å². The summed E-state index contributed by atoms with van der Waals surface area (Å²) >= 11 is 0. The molecule has 3 aromatic carbocycles. The van der Waals surface area contributed by atoms with Gasteiger partial charge >= 0.3 is 0 Å². The molecule has 0 atom stereocenters. The van der Waals surface area contributed by atoms with Gasteiger partial charge in [-0.3, -0.25) is 4.79 Å². The molecule has 0 saturated carbocycles. The Labute approximate surface area is 146 Å². The van der Waals surface area contributed by atoms with Gasteiger partial charge in [-0.25, -0.2) is 5.43 Å². The van der Waals surface area contributed by atoms with E-state index in [1.807, 2.05) is 73.7 Å². The van der Waals surface area contributed by atoms with E-state index >= 15 is 0 Å². The molecule has 1 amide bonds. The standard InChI is InChI=1S/C21H18N2O2/c1-16-10-12-18(13-11-16)21(24)23-22-15-17-6-5-9-20(14-17)25-19-7-3-2-4-8-19/h2-15H,1H3,(H,23,24)/b22-15+. The van der Waals surface area contributed by atoms with Gasteiger partial charge in [0.1, 0.15) is 11.5 Å². The van der Waals surface area contributed by atoms with Gasteiger partial charge in [0, 0.05) is 5.56 Å². The molecule has 0 aliphatic carbocycles. The van der Waals surface area contributed by atoms with Gasteiger partial charge in [0.25, 0.3) is 5.91 Å². The number of nitrogens with zero attached hydrogens (tertiary/aromatic N) is 1. The first kappa shape index (κ1) is 16.5. The van der Waals surface area contributed by atoms with Crippen LogP contribution in [0.5, 0.6) is 11.5 Å². The lowest BCUT2D eigenvalue weighted by molar-refractivity contribution is 0.0955. The SMILES string of the molecule is Cc1ccc(C(=O)N/N=C/c2cccc(Oc3ccccc3)c2)cc1. The van der Waals surface area contributed by atoms with Crippen LogP contribution in [0, 0.1) is 6.92 Å². The van der Waals surface area contributed by atoms with Gasteiger partial charge in [0.15, 0.2) is 0 Å². The van der Waals surface area contributed by atoms with Gasteiger partial charge in [0.05, 0.1) is 6.21 Å². The fraction of sp³-hybridized carbons (Fsp3) is 0.0476. The first-order valence-electron chi connectivity index (χ1n) is 7.94. The zero-order valence-corrected chi connectivity index (χ0v) is 13.8. The van der Waals surface area contributed by atoms with E-state index in [1.54, 1.807) is 18.3 Å². The molecule has 0 heterocycles. The summed E-state index contributed by atoms with van der Waals surface area (Å²) in [5, 5.41) is 4.01. The van der Waals surface area contributed by atoms with Crippen molar-refractivity contribution in [3.05, 3.63) is 95.6 Å². The van der Waals surface area contributed by atoms with Gasteiger partial charge in [0.2, 0.25) is 0 Å². The monoisotopic (exact) mass is 330 g/mol. The highest BCUT2D eigenvalue weighted by molar-refractivity contribution is 5.94. The minimum Gasteiger partial charge on any atom is -0.457 e. The Hall–Kier alpha value is -3.40. The molecule has 0 radical (unpaired) electrons. The van der Waals surface area contributed by atoms with Crippen LogP contribution in [-0.4, -0.2) is 12.1 Å². The van der Waals surface area contributed by atoms with Crippen LogP contribution in [-0.2, 0) is 0 Å². The van der Waals surface area contributed by atoms with Crippen molar-refractivity contribution in [1.82, 2.24) is 5.43 Å². The largest absolute Gasteiger partial charge is 0.457 e. The number of amides is 1. The number of hydrazone groups is 1. The molecule has 124 valence electrons. The van der Waals surface area contributed by atoms with Crippen molar-refractivity contribution in [3.8, 4) is 11.5 Å². The van der Waals surface area contributed by atoms with Crippen molar-refractivity contribution in [2.75, 3.05) is 0 Å². The molecule has 4 heteroatoms. The van der Waals surface area contributed by atoms with Crippen LogP contribution < -0.4 is 10.2 Å². The summed E-state index contributed by atoms with van der Waals surface area (Å²) in [5.74, 6) is 1.23. The van der Waals surface area contributed by atoms with E-state index in [0.717, 1.165) is 16.9 Å². The van der Waals surface area contributed by atoms with E-state index in [-0.39, 0.29) is 5.91 Å².